The Morgan fingerprint density at radius 2 is 1.30 bits per heavy atom. The number of cyclic esters (lactones) is 1. The van der Waals surface area contributed by atoms with Crippen molar-refractivity contribution < 1.29 is 9.53 Å². The van der Waals surface area contributed by atoms with E-state index < -0.39 is 5.97 Å². The zero-order valence-corrected chi connectivity index (χ0v) is 14.6. The van der Waals surface area contributed by atoms with E-state index in [1.165, 1.54) is 0 Å². The molecule has 0 fully saturated rings. The van der Waals surface area contributed by atoms with Crippen LogP contribution in [0.25, 0.3) is 17.2 Å². The standard InChI is InChI=1S/C24H17NO2/c26-24-22(13-7-10-18-8-3-1-4-9-18)25-23(27-24)21-16-14-20(15-17-21)19-11-5-2-6-12-19/h1-17H/b10-7+,22-13-. The maximum Gasteiger partial charge on any atom is 0.363 e. The second-order valence-corrected chi connectivity index (χ2v) is 6.07. The van der Waals surface area contributed by atoms with Gasteiger partial charge < -0.3 is 4.74 Å². The van der Waals surface area contributed by atoms with Gasteiger partial charge in [-0.3, -0.25) is 0 Å². The molecule has 3 heteroatoms. The number of carbonyl (C=O) groups is 1. The Labute approximate surface area is 158 Å². The van der Waals surface area contributed by atoms with Crippen LogP contribution in [-0.2, 0) is 9.53 Å². The van der Waals surface area contributed by atoms with Gasteiger partial charge in [-0.05, 0) is 34.9 Å². The fraction of sp³-hybridized carbons (Fsp3) is 0. The summed E-state index contributed by atoms with van der Waals surface area (Å²) < 4.78 is 5.32. The van der Waals surface area contributed by atoms with Crippen molar-refractivity contribution in [2.45, 2.75) is 0 Å². The van der Waals surface area contributed by atoms with E-state index in [2.05, 4.69) is 17.1 Å². The average Bonchev–Trinajstić information content (AvgIpc) is 3.10. The summed E-state index contributed by atoms with van der Waals surface area (Å²) in [6.45, 7) is 0. The Morgan fingerprint density at radius 1 is 0.704 bits per heavy atom. The van der Waals surface area contributed by atoms with Gasteiger partial charge in [-0.15, -0.1) is 0 Å². The SMILES string of the molecule is O=C1OC(c2ccc(-c3ccccc3)cc2)=N/C1=C\C=C\c1ccccc1. The number of allylic oxidation sites excluding steroid dienone is 2. The molecule has 0 aliphatic carbocycles. The monoisotopic (exact) mass is 351 g/mol. The van der Waals surface area contributed by atoms with Crippen LogP contribution in [0.3, 0.4) is 0 Å². The second-order valence-electron chi connectivity index (χ2n) is 6.07. The molecule has 0 atom stereocenters. The minimum atomic E-state index is -0.435. The molecule has 0 saturated heterocycles. The molecule has 0 aromatic heterocycles. The van der Waals surface area contributed by atoms with Crippen LogP contribution in [0, 0.1) is 0 Å². The number of benzene rings is 3. The molecule has 0 unspecified atom stereocenters. The van der Waals surface area contributed by atoms with Crippen LogP contribution < -0.4 is 0 Å². The highest BCUT2D eigenvalue weighted by Gasteiger charge is 2.23. The number of hydrogen-bond donors (Lipinski definition) is 0. The van der Waals surface area contributed by atoms with Gasteiger partial charge in [-0.2, -0.15) is 0 Å². The highest BCUT2D eigenvalue weighted by Crippen LogP contribution is 2.22. The van der Waals surface area contributed by atoms with Crippen molar-refractivity contribution >= 4 is 17.9 Å². The van der Waals surface area contributed by atoms with Gasteiger partial charge in [0.2, 0.25) is 5.90 Å². The zero-order chi connectivity index (χ0) is 18.5. The number of carbonyl (C=O) groups excluding carboxylic acids is 1. The molecule has 0 spiro atoms. The highest BCUT2D eigenvalue weighted by atomic mass is 16.6. The first-order valence-corrected chi connectivity index (χ1v) is 8.70. The number of esters is 1. The van der Waals surface area contributed by atoms with Crippen molar-refractivity contribution in [3.8, 4) is 11.1 Å². The summed E-state index contributed by atoms with van der Waals surface area (Å²) in [5.41, 5.74) is 4.37. The van der Waals surface area contributed by atoms with Crippen LogP contribution in [0.1, 0.15) is 11.1 Å². The first-order chi connectivity index (χ1) is 13.3. The highest BCUT2D eigenvalue weighted by molar-refractivity contribution is 6.11. The predicted molar refractivity (Wildman–Crippen MR) is 108 cm³/mol. The topological polar surface area (TPSA) is 38.7 Å². The summed E-state index contributed by atoms with van der Waals surface area (Å²) in [5, 5.41) is 0. The van der Waals surface area contributed by atoms with E-state index in [4.69, 9.17) is 4.74 Å². The summed E-state index contributed by atoms with van der Waals surface area (Å²) in [4.78, 5) is 16.4. The number of ether oxygens (including phenoxy) is 1. The van der Waals surface area contributed by atoms with E-state index in [0.29, 0.717) is 11.6 Å². The van der Waals surface area contributed by atoms with Crippen LogP contribution in [0.4, 0.5) is 0 Å². The lowest BCUT2D eigenvalue weighted by atomic mass is 10.0. The number of hydrogen-bond acceptors (Lipinski definition) is 3. The Bertz CT molecular complexity index is 1030. The van der Waals surface area contributed by atoms with Gasteiger partial charge in [-0.25, -0.2) is 9.79 Å². The van der Waals surface area contributed by atoms with E-state index in [9.17, 15) is 4.79 Å². The van der Waals surface area contributed by atoms with Crippen molar-refractivity contribution in [3.05, 3.63) is 114 Å². The van der Waals surface area contributed by atoms with Crippen molar-refractivity contribution in [1.29, 1.82) is 0 Å². The van der Waals surface area contributed by atoms with E-state index >= 15 is 0 Å². The Kier molecular flexibility index (Phi) is 4.75. The van der Waals surface area contributed by atoms with Gasteiger partial charge in [0, 0.05) is 5.56 Å². The number of nitrogens with zero attached hydrogens (tertiary/aromatic N) is 1. The Hall–Kier alpha value is -3.72. The summed E-state index contributed by atoms with van der Waals surface area (Å²) >= 11 is 0. The largest absolute Gasteiger partial charge is 0.402 e. The van der Waals surface area contributed by atoms with E-state index in [-0.39, 0.29) is 0 Å². The molecular formula is C24H17NO2. The second kappa shape index (κ2) is 7.67. The third-order valence-corrected chi connectivity index (χ3v) is 4.20. The third-order valence-electron chi connectivity index (χ3n) is 4.20. The van der Waals surface area contributed by atoms with Gasteiger partial charge in [0.15, 0.2) is 5.70 Å². The zero-order valence-electron chi connectivity index (χ0n) is 14.6. The van der Waals surface area contributed by atoms with E-state index in [1.54, 1.807) is 12.2 Å². The molecule has 3 nitrogen and oxygen atoms in total. The van der Waals surface area contributed by atoms with Crippen LogP contribution in [0.15, 0.2) is 108 Å². The molecule has 130 valence electrons. The van der Waals surface area contributed by atoms with Gasteiger partial charge in [0.05, 0.1) is 0 Å². The lowest BCUT2D eigenvalue weighted by Gasteiger charge is -2.03. The first-order valence-electron chi connectivity index (χ1n) is 8.70. The van der Waals surface area contributed by atoms with Crippen LogP contribution >= 0.6 is 0 Å². The minimum absolute atomic E-state index is 0.296. The average molecular weight is 351 g/mol. The smallest absolute Gasteiger partial charge is 0.363 e. The Balaban J connectivity index is 1.52. The number of rotatable bonds is 4. The molecule has 27 heavy (non-hydrogen) atoms. The molecule has 0 N–H and O–H groups in total. The van der Waals surface area contributed by atoms with Crippen molar-refractivity contribution in [2.24, 2.45) is 4.99 Å². The maximum absolute atomic E-state index is 12.0. The normalized spacial score (nSPS) is 15.2. The van der Waals surface area contributed by atoms with Gasteiger partial charge in [0.1, 0.15) is 0 Å². The van der Waals surface area contributed by atoms with Gasteiger partial charge in [0.25, 0.3) is 0 Å². The fourth-order valence-corrected chi connectivity index (χ4v) is 2.80. The molecule has 0 radical (unpaired) electrons. The van der Waals surface area contributed by atoms with Crippen LogP contribution in [-0.4, -0.2) is 11.9 Å². The summed E-state index contributed by atoms with van der Waals surface area (Å²) in [6, 6.07) is 27.8. The molecule has 3 aromatic carbocycles. The van der Waals surface area contributed by atoms with Crippen molar-refractivity contribution in [1.82, 2.24) is 0 Å². The summed E-state index contributed by atoms with van der Waals surface area (Å²) in [6.07, 6.45) is 5.39. The fourth-order valence-electron chi connectivity index (χ4n) is 2.80. The quantitative estimate of drug-likeness (QED) is 0.475. The molecule has 0 bridgehead atoms. The molecular weight excluding hydrogens is 334 g/mol. The van der Waals surface area contributed by atoms with Gasteiger partial charge in [-0.1, -0.05) is 84.9 Å². The predicted octanol–water partition coefficient (Wildman–Crippen LogP) is 5.25. The van der Waals surface area contributed by atoms with Crippen LogP contribution in [0.2, 0.25) is 0 Å². The molecule has 0 amide bonds. The van der Waals surface area contributed by atoms with Crippen molar-refractivity contribution in [2.75, 3.05) is 0 Å². The minimum Gasteiger partial charge on any atom is -0.402 e. The third kappa shape index (κ3) is 3.93. The Morgan fingerprint density at radius 3 is 2.00 bits per heavy atom. The van der Waals surface area contributed by atoms with E-state index in [1.807, 2.05) is 78.9 Å². The van der Waals surface area contributed by atoms with E-state index in [0.717, 1.165) is 22.3 Å². The van der Waals surface area contributed by atoms with Crippen LogP contribution in [0.5, 0.6) is 0 Å². The summed E-state index contributed by atoms with van der Waals surface area (Å²) in [7, 11) is 0. The molecule has 4 rings (SSSR count). The maximum atomic E-state index is 12.0. The summed E-state index contributed by atoms with van der Waals surface area (Å²) in [5.74, 6) is -0.103. The lowest BCUT2D eigenvalue weighted by molar-refractivity contribution is -0.130. The molecule has 1 aliphatic heterocycles. The molecule has 1 aliphatic rings. The molecule has 1 heterocycles. The number of aliphatic imine (C=N–C) groups is 1. The first kappa shape index (κ1) is 16.7. The van der Waals surface area contributed by atoms with Gasteiger partial charge >= 0.3 is 5.97 Å². The van der Waals surface area contributed by atoms with Crippen molar-refractivity contribution in [3.63, 3.8) is 0 Å². The lowest BCUT2D eigenvalue weighted by Crippen LogP contribution is -2.05. The molecule has 0 saturated carbocycles. The molecule has 3 aromatic rings.